The third kappa shape index (κ3) is 5.46. The molecule has 3 rings (SSSR count). The number of carbonyl (C=O) groups is 2. The second-order valence-corrected chi connectivity index (χ2v) is 7.93. The van der Waals surface area contributed by atoms with Gasteiger partial charge in [-0.3, -0.25) is 19.4 Å². The molecule has 0 spiro atoms. The van der Waals surface area contributed by atoms with Crippen molar-refractivity contribution in [3.63, 3.8) is 0 Å². The van der Waals surface area contributed by atoms with E-state index in [-0.39, 0.29) is 17.7 Å². The van der Waals surface area contributed by atoms with Crippen molar-refractivity contribution in [1.82, 2.24) is 9.80 Å². The van der Waals surface area contributed by atoms with Gasteiger partial charge in [-0.2, -0.15) is 0 Å². The lowest BCUT2D eigenvalue weighted by molar-refractivity contribution is -0.121. The summed E-state index contributed by atoms with van der Waals surface area (Å²) in [5.41, 5.74) is 3.78. The Kier molecular flexibility index (Phi) is 7.24. The molecule has 1 heterocycles. The quantitative estimate of drug-likeness (QED) is 0.711. The fourth-order valence-corrected chi connectivity index (χ4v) is 3.78. The van der Waals surface area contributed by atoms with Gasteiger partial charge < -0.3 is 10.1 Å². The number of hydrogen-bond donors (Lipinski definition) is 1. The van der Waals surface area contributed by atoms with E-state index in [1.165, 1.54) is 18.1 Å². The van der Waals surface area contributed by atoms with Crippen LogP contribution in [0.1, 0.15) is 35.3 Å². The molecule has 0 saturated carbocycles. The highest BCUT2D eigenvalue weighted by molar-refractivity contribution is 5.97. The molecule has 2 aromatic rings. The van der Waals surface area contributed by atoms with Crippen LogP contribution in [0.4, 0.5) is 5.69 Å². The predicted molar refractivity (Wildman–Crippen MR) is 119 cm³/mol. The minimum Gasteiger partial charge on any atom is -0.496 e. The lowest BCUT2D eigenvalue weighted by atomic mass is 10.1. The number of nitrogens with zero attached hydrogens (tertiary/aromatic N) is 2. The second-order valence-electron chi connectivity index (χ2n) is 7.93. The second kappa shape index (κ2) is 9.87. The lowest BCUT2D eigenvalue weighted by Gasteiger charge is -2.37. The van der Waals surface area contributed by atoms with Gasteiger partial charge in [-0.15, -0.1) is 0 Å². The third-order valence-corrected chi connectivity index (χ3v) is 5.72. The first kappa shape index (κ1) is 22.0. The van der Waals surface area contributed by atoms with Gasteiger partial charge in [0.1, 0.15) is 5.75 Å². The molecule has 2 aromatic carbocycles. The van der Waals surface area contributed by atoms with Crippen molar-refractivity contribution in [3.05, 3.63) is 59.2 Å². The van der Waals surface area contributed by atoms with Gasteiger partial charge in [0.25, 0.3) is 0 Å². The van der Waals surface area contributed by atoms with E-state index in [0.29, 0.717) is 11.3 Å². The monoisotopic (exact) mass is 409 g/mol. The molecule has 1 saturated heterocycles. The number of piperazine rings is 1. The molecule has 6 heteroatoms. The summed E-state index contributed by atoms with van der Waals surface area (Å²) in [6.45, 7) is 9.90. The number of ketones is 1. The van der Waals surface area contributed by atoms with Crippen LogP contribution in [-0.2, 0) is 11.3 Å². The summed E-state index contributed by atoms with van der Waals surface area (Å²) in [5.74, 6) is 0.911. The molecule has 0 aromatic heterocycles. The first-order valence-corrected chi connectivity index (χ1v) is 10.4. The van der Waals surface area contributed by atoms with Gasteiger partial charge in [0.15, 0.2) is 5.78 Å². The molecule has 0 bridgehead atoms. The Morgan fingerprint density at radius 1 is 1.07 bits per heavy atom. The Balaban J connectivity index is 1.52. The number of hydrogen-bond acceptors (Lipinski definition) is 5. The highest BCUT2D eigenvalue weighted by Gasteiger charge is 2.26. The number of amides is 1. The van der Waals surface area contributed by atoms with Crippen molar-refractivity contribution in [1.29, 1.82) is 0 Å². The van der Waals surface area contributed by atoms with Crippen LogP contribution in [0, 0.1) is 6.92 Å². The van der Waals surface area contributed by atoms with Crippen molar-refractivity contribution in [2.24, 2.45) is 0 Å². The Morgan fingerprint density at radius 2 is 1.73 bits per heavy atom. The average molecular weight is 410 g/mol. The summed E-state index contributed by atoms with van der Waals surface area (Å²) < 4.78 is 5.50. The van der Waals surface area contributed by atoms with Crippen molar-refractivity contribution in [2.75, 3.05) is 38.6 Å². The smallest absolute Gasteiger partial charge is 0.241 e. The molecule has 1 N–H and O–H groups in total. The van der Waals surface area contributed by atoms with Crippen molar-refractivity contribution < 1.29 is 14.3 Å². The number of ether oxygens (including phenoxy) is 1. The van der Waals surface area contributed by atoms with E-state index in [0.717, 1.165) is 38.5 Å². The van der Waals surface area contributed by atoms with Crippen LogP contribution in [0.15, 0.2) is 42.5 Å². The van der Waals surface area contributed by atoms with Gasteiger partial charge in [-0.25, -0.2) is 0 Å². The zero-order valence-electron chi connectivity index (χ0n) is 18.3. The molecule has 0 radical (unpaired) electrons. The number of aryl methyl sites for hydroxylation is 1. The Morgan fingerprint density at radius 3 is 2.33 bits per heavy atom. The number of nitrogens with one attached hydrogen (secondary N) is 1. The van der Waals surface area contributed by atoms with Crippen molar-refractivity contribution in [2.45, 2.75) is 33.4 Å². The normalized spacial score (nSPS) is 16.1. The van der Waals surface area contributed by atoms with Crippen molar-refractivity contribution >= 4 is 17.4 Å². The zero-order chi connectivity index (χ0) is 21.7. The summed E-state index contributed by atoms with van der Waals surface area (Å²) in [7, 11) is 1.71. The van der Waals surface area contributed by atoms with Gasteiger partial charge in [-0.1, -0.05) is 17.7 Å². The SMILES string of the molecule is COc1ccc(C)cc1CN1CCN([C@H](C)C(=O)Nc2ccc(C(C)=O)cc2)CC1. The van der Waals surface area contributed by atoms with Gasteiger partial charge in [-0.05, 0) is 51.1 Å². The van der Waals surface area contributed by atoms with E-state index in [4.69, 9.17) is 4.74 Å². The maximum atomic E-state index is 12.7. The number of methoxy groups -OCH3 is 1. The first-order valence-electron chi connectivity index (χ1n) is 10.4. The third-order valence-electron chi connectivity index (χ3n) is 5.72. The molecule has 6 nitrogen and oxygen atoms in total. The van der Waals surface area contributed by atoms with Gasteiger partial charge >= 0.3 is 0 Å². The van der Waals surface area contributed by atoms with Crippen molar-refractivity contribution in [3.8, 4) is 5.75 Å². The van der Waals surface area contributed by atoms with Crippen LogP contribution in [0.3, 0.4) is 0 Å². The van der Waals surface area contributed by atoms with Crippen LogP contribution in [0.5, 0.6) is 5.75 Å². The minimum absolute atomic E-state index is 0.0161. The van der Waals surface area contributed by atoms with E-state index in [2.05, 4.69) is 34.2 Å². The molecule has 30 heavy (non-hydrogen) atoms. The number of rotatable bonds is 7. The maximum Gasteiger partial charge on any atom is 0.241 e. The highest BCUT2D eigenvalue weighted by Crippen LogP contribution is 2.22. The molecule has 0 unspecified atom stereocenters. The summed E-state index contributed by atoms with van der Waals surface area (Å²) in [4.78, 5) is 28.7. The van der Waals surface area contributed by atoms with Crippen LogP contribution in [0.25, 0.3) is 0 Å². The summed E-state index contributed by atoms with van der Waals surface area (Å²) >= 11 is 0. The summed E-state index contributed by atoms with van der Waals surface area (Å²) in [5, 5.41) is 2.96. The Hall–Kier alpha value is -2.70. The van der Waals surface area contributed by atoms with E-state index in [9.17, 15) is 9.59 Å². The molecule has 160 valence electrons. The topological polar surface area (TPSA) is 61.9 Å². The van der Waals surface area contributed by atoms with Gasteiger partial charge in [0, 0.05) is 49.5 Å². The van der Waals surface area contributed by atoms with E-state index >= 15 is 0 Å². The van der Waals surface area contributed by atoms with Crippen LogP contribution >= 0.6 is 0 Å². The molecule has 1 atom stereocenters. The fourth-order valence-electron chi connectivity index (χ4n) is 3.78. The van der Waals surface area contributed by atoms with Gasteiger partial charge in [0.05, 0.1) is 13.2 Å². The average Bonchev–Trinajstić information content (AvgIpc) is 2.74. The number of Topliss-reactive ketones (excluding diaryl/α,β-unsaturated/α-hetero) is 1. The molecular formula is C24H31N3O3. The minimum atomic E-state index is -0.215. The van der Waals surface area contributed by atoms with E-state index in [1.54, 1.807) is 31.4 Å². The van der Waals surface area contributed by atoms with Crippen LogP contribution in [-0.4, -0.2) is 60.8 Å². The molecule has 1 aliphatic rings. The molecule has 1 fully saturated rings. The molecular weight excluding hydrogens is 378 g/mol. The first-order chi connectivity index (χ1) is 14.4. The zero-order valence-corrected chi connectivity index (χ0v) is 18.3. The van der Waals surface area contributed by atoms with Gasteiger partial charge in [0.2, 0.25) is 5.91 Å². The standard InChI is InChI=1S/C24H31N3O3/c1-17-5-10-23(30-4)21(15-17)16-26-11-13-27(14-12-26)18(2)24(29)25-22-8-6-20(7-9-22)19(3)28/h5-10,15,18H,11-14,16H2,1-4H3,(H,25,29)/t18-/m1/s1. The molecule has 1 amide bonds. The maximum absolute atomic E-state index is 12.7. The van der Waals surface area contributed by atoms with E-state index in [1.807, 2.05) is 13.0 Å². The summed E-state index contributed by atoms with van der Waals surface area (Å²) in [6, 6.07) is 13.1. The van der Waals surface area contributed by atoms with Crippen LogP contribution < -0.4 is 10.1 Å². The number of carbonyl (C=O) groups excluding carboxylic acids is 2. The molecule has 0 aliphatic carbocycles. The number of anilines is 1. The fraction of sp³-hybridized carbons (Fsp3) is 0.417. The Bertz CT molecular complexity index is 887. The summed E-state index contributed by atoms with van der Waals surface area (Å²) in [6.07, 6.45) is 0. The lowest BCUT2D eigenvalue weighted by Crippen LogP contribution is -2.52. The highest BCUT2D eigenvalue weighted by atomic mass is 16.5. The number of benzene rings is 2. The van der Waals surface area contributed by atoms with E-state index < -0.39 is 0 Å². The predicted octanol–water partition coefficient (Wildman–Crippen LogP) is 3.35. The Labute approximate surface area is 178 Å². The largest absolute Gasteiger partial charge is 0.496 e. The molecule has 1 aliphatic heterocycles. The van der Waals surface area contributed by atoms with Crippen LogP contribution in [0.2, 0.25) is 0 Å².